The van der Waals surface area contributed by atoms with E-state index in [9.17, 15) is 4.79 Å². The monoisotopic (exact) mass is 380 g/mol. The molecule has 0 saturated carbocycles. The summed E-state index contributed by atoms with van der Waals surface area (Å²) in [6.07, 6.45) is 1.50. The minimum Gasteiger partial charge on any atom is -0.497 e. The second-order valence-electron chi connectivity index (χ2n) is 5.79. The van der Waals surface area contributed by atoms with Crippen molar-refractivity contribution in [2.24, 2.45) is 0 Å². The predicted molar refractivity (Wildman–Crippen MR) is 105 cm³/mol. The molecule has 27 heavy (non-hydrogen) atoms. The zero-order valence-electron chi connectivity index (χ0n) is 14.7. The van der Waals surface area contributed by atoms with E-state index in [2.05, 4.69) is 10.2 Å². The van der Waals surface area contributed by atoms with Crippen molar-refractivity contribution in [3.8, 4) is 22.9 Å². The summed E-state index contributed by atoms with van der Waals surface area (Å²) in [7, 11) is 3.17. The molecule has 8 heteroatoms. The summed E-state index contributed by atoms with van der Waals surface area (Å²) >= 11 is 5.69. The maximum atomic E-state index is 13.1. The van der Waals surface area contributed by atoms with Crippen LogP contribution in [-0.2, 0) is 0 Å². The fraction of sp³-hybridized carbons (Fsp3) is 0.105. The molecule has 4 rings (SSSR count). The van der Waals surface area contributed by atoms with E-state index in [0.29, 0.717) is 33.0 Å². The molecule has 0 atom stereocenters. The molecule has 2 heterocycles. The average molecular weight is 380 g/mol. The lowest BCUT2D eigenvalue weighted by Gasteiger charge is -2.15. The number of ether oxygens (including phenoxy) is 2. The quantitative estimate of drug-likeness (QED) is 0.550. The molecule has 0 spiro atoms. The summed E-state index contributed by atoms with van der Waals surface area (Å²) in [5, 5.41) is 7.34. The summed E-state index contributed by atoms with van der Waals surface area (Å²) < 4.78 is 14.1. The van der Waals surface area contributed by atoms with Crippen molar-refractivity contribution in [1.82, 2.24) is 19.3 Å². The van der Waals surface area contributed by atoms with Crippen LogP contribution in [0.5, 0.6) is 11.5 Å². The van der Waals surface area contributed by atoms with Crippen molar-refractivity contribution in [1.29, 1.82) is 0 Å². The number of methoxy groups -OCH3 is 2. The number of aromatic amines is 1. The van der Waals surface area contributed by atoms with Crippen LogP contribution >= 0.6 is 12.2 Å². The fourth-order valence-electron chi connectivity index (χ4n) is 2.98. The Labute approximate surface area is 159 Å². The van der Waals surface area contributed by atoms with Gasteiger partial charge in [0.15, 0.2) is 4.77 Å². The Morgan fingerprint density at radius 3 is 2.15 bits per heavy atom. The van der Waals surface area contributed by atoms with Crippen LogP contribution in [0.4, 0.5) is 0 Å². The Bertz CT molecular complexity index is 1260. The molecule has 0 unspecified atom stereocenters. The van der Waals surface area contributed by atoms with E-state index in [1.807, 2.05) is 42.5 Å². The standard InChI is InChI=1S/C19H16N4O3S/c1-25-14-7-3-5-12(9-14)22-17-16(11-20-21-17)18(24)23(19(22)27)13-6-4-8-15(10-13)26-2/h3-11H,1-2H3,(H,20,21). The topological polar surface area (TPSA) is 74.1 Å². The third-order valence-electron chi connectivity index (χ3n) is 4.28. The molecule has 0 aliphatic carbocycles. The SMILES string of the molecule is COc1cccc(-n2c(=O)c3cn[nH]c3n(-c3cccc(OC)c3)c2=S)c1. The van der Waals surface area contributed by atoms with Crippen LogP contribution in [0.25, 0.3) is 22.4 Å². The highest BCUT2D eigenvalue weighted by molar-refractivity contribution is 7.71. The number of benzene rings is 2. The Hall–Kier alpha value is -3.39. The van der Waals surface area contributed by atoms with Crippen LogP contribution in [0, 0.1) is 4.77 Å². The fourth-order valence-corrected chi connectivity index (χ4v) is 3.36. The molecule has 7 nitrogen and oxygen atoms in total. The smallest absolute Gasteiger partial charge is 0.270 e. The second-order valence-corrected chi connectivity index (χ2v) is 6.16. The van der Waals surface area contributed by atoms with Gasteiger partial charge in [0.25, 0.3) is 5.56 Å². The molecule has 0 bridgehead atoms. The van der Waals surface area contributed by atoms with Crippen molar-refractivity contribution >= 4 is 23.3 Å². The van der Waals surface area contributed by atoms with Crippen LogP contribution in [0.15, 0.2) is 59.5 Å². The molecular formula is C19H16N4O3S. The molecule has 0 aliphatic heterocycles. The first-order valence-corrected chi connectivity index (χ1v) is 8.55. The number of aromatic nitrogens is 4. The van der Waals surface area contributed by atoms with Gasteiger partial charge in [-0.15, -0.1) is 0 Å². The summed E-state index contributed by atoms with van der Waals surface area (Å²) in [4.78, 5) is 13.1. The first kappa shape index (κ1) is 17.0. The Kier molecular flexibility index (Phi) is 4.25. The van der Waals surface area contributed by atoms with E-state index in [-0.39, 0.29) is 5.56 Å². The zero-order valence-corrected chi connectivity index (χ0v) is 15.5. The molecule has 0 amide bonds. The molecule has 0 radical (unpaired) electrons. The summed E-state index contributed by atoms with van der Waals surface area (Å²) in [5.41, 5.74) is 1.64. The molecule has 136 valence electrons. The van der Waals surface area contributed by atoms with Crippen LogP contribution in [0.3, 0.4) is 0 Å². The van der Waals surface area contributed by atoms with Gasteiger partial charge in [0.05, 0.1) is 31.8 Å². The molecule has 2 aromatic heterocycles. The van der Waals surface area contributed by atoms with E-state index in [4.69, 9.17) is 21.7 Å². The lowest BCUT2D eigenvalue weighted by atomic mass is 10.2. The third-order valence-corrected chi connectivity index (χ3v) is 4.65. The molecule has 0 aliphatic rings. The second kappa shape index (κ2) is 6.73. The molecular weight excluding hydrogens is 364 g/mol. The molecule has 4 aromatic rings. The number of rotatable bonds is 4. The van der Waals surface area contributed by atoms with Gasteiger partial charge in [-0.3, -0.25) is 19.0 Å². The maximum Gasteiger partial charge on any atom is 0.270 e. The molecule has 2 aromatic carbocycles. The van der Waals surface area contributed by atoms with E-state index in [1.54, 1.807) is 24.9 Å². The van der Waals surface area contributed by atoms with Crippen molar-refractivity contribution in [2.75, 3.05) is 14.2 Å². The van der Waals surface area contributed by atoms with Crippen molar-refractivity contribution in [2.45, 2.75) is 0 Å². The van der Waals surface area contributed by atoms with E-state index in [1.165, 1.54) is 10.8 Å². The minimum absolute atomic E-state index is 0.254. The van der Waals surface area contributed by atoms with E-state index < -0.39 is 0 Å². The largest absolute Gasteiger partial charge is 0.497 e. The number of nitrogens with zero attached hydrogens (tertiary/aromatic N) is 3. The number of nitrogens with one attached hydrogen (secondary N) is 1. The Morgan fingerprint density at radius 1 is 0.963 bits per heavy atom. The van der Waals surface area contributed by atoms with Gasteiger partial charge in [-0.2, -0.15) is 5.10 Å². The van der Waals surface area contributed by atoms with Gasteiger partial charge < -0.3 is 9.47 Å². The number of fused-ring (bicyclic) bond motifs is 1. The minimum atomic E-state index is -0.254. The van der Waals surface area contributed by atoms with Crippen molar-refractivity contribution < 1.29 is 9.47 Å². The van der Waals surface area contributed by atoms with E-state index in [0.717, 1.165) is 5.69 Å². The summed E-state index contributed by atoms with van der Waals surface area (Å²) in [6.45, 7) is 0. The first-order chi connectivity index (χ1) is 13.1. The highest BCUT2D eigenvalue weighted by Crippen LogP contribution is 2.22. The van der Waals surface area contributed by atoms with Crippen molar-refractivity contribution in [3.63, 3.8) is 0 Å². The van der Waals surface area contributed by atoms with Crippen molar-refractivity contribution in [3.05, 3.63) is 69.9 Å². The lowest BCUT2D eigenvalue weighted by molar-refractivity contribution is 0.414. The zero-order chi connectivity index (χ0) is 19.0. The molecule has 0 saturated heterocycles. The Morgan fingerprint density at radius 2 is 1.56 bits per heavy atom. The first-order valence-electron chi connectivity index (χ1n) is 8.14. The van der Waals surface area contributed by atoms with Gasteiger partial charge in [0.2, 0.25) is 0 Å². The Balaban J connectivity index is 2.10. The van der Waals surface area contributed by atoms with Gasteiger partial charge in [-0.05, 0) is 36.5 Å². The maximum absolute atomic E-state index is 13.1. The highest BCUT2D eigenvalue weighted by Gasteiger charge is 2.16. The van der Waals surface area contributed by atoms with Gasteiger partial charge >= 0.3 is 0 Å². The van der Waals surface area contributed by atoms with Crippen LogP contribution in [0.1, 0.15) is 0 Å². The summed E-state index contributed by atoms with van der Waals surface area (Å²) in [6, 6.07) is 14.6. The number of hydrogen-bond donors (Lipinski definition) is 1. The van der Waals surface area contributed by atoms with Crippen LogP contribution < -0.4 is 15.0 Å². The number of hydrogen-bond acceptors (Lipinski definition) is 5. The predicted octanol–water partition coefficient (Wildman–Crippen LogP) is 3.25. The average Bonchev–Trinajstić information content (AvgIpc) is 3.18. The van der Waals surface area contributed by atoms with E-state index >= 15 is 0 Å². The highest BCUT2D eigenvalue weighted by atomic mass is 32.1. The third kappa shape index (κ3) is 2.80. The molecule has 1 N–H and O–H groups in total. The normalized spacial score (nSPS) is 10.9. The van der Waals surface area contributed by atoms with Crippen LogP contribution in [0.2, 0.25) is 0 Å². The van der Waals surface area contributed by atoms with Crippen LogP contribution in [-0.4, -0.2) is 33.6 Å². The lowest BCUT2D eigenvalue weighted by Crippen LogP contribution is -2.23. The van der Waals surface area contributed by atoms with Gasteiger partial charge in [0, 0.05) is 12.1 Å². The van der Waals surface area contributed by atoms with Gasteiger partial charge in [-0.25, -0.2) is 0 Å². The number of H-pyrrole nitrogens is 1. The van der Waals surface area contributed by atoms with Gasteiger partial charge in [-0.1, -0.05) is 12.1 Å². The van der Waals surface area contributed by atoms with Gasteiger partial charge in [0.1, 0.15) is 22.5 Å². The summed E-state index contributed by atoms with van der Waals surface area (Å²) in [5.74, 6) is 1.32. The molecule has 0 fully saturated rings.